The Kier molecular flexibility index (Phi) is 9.25. The molecular formula is C23H24Cl2IN5O2S. The largest absolute Gasteiger partial charge is 0.342 e. The van der Waals surface area contributed by atoms with Gasteiger partial charge in [0.1, 0.15) is 0 Å². The minimum atomic E-state index is -0.392. The van der Waals surface area contributed by atoms with E-state index in [1.165, 1.54) is 17.8 Å². The van der Waals surface area contributed by atoms with Crippen LogP contribution in [0.1, 0.15) is 41.6 Å². The topological polar surface area (TPSA) is 88.9 Å². The van der Waals surface area contributed by atoms with Gasteiger partial charge in [-0.1, -0.05) is 48.8 Å². The quantitative estimate of drug-likeness (QED) is 0.239. The molecule has 0 bridgehead atoms. The van der Waals surface area contributed by atoms with Crippen molar-refractivity contribution in [3.8, 4) is 0 Å². The van der Waals surface area contributed by atoms with Crippen molar-refractivity contribution in [2.45, 2.75) is 32.0 Å². The Morgan fingerprint density at radius 2 is 1.85 bits per heavy atom. The zero-order chi connectivity index (χ0) is 25.0. The van der Waals surface area contributed by atoms with Gasteiger partial charge in [-0.3, -0.25) is 9.59 Å². The van der Waals surface area contributed by atoms with Crippen LogP contribution < -0.4 is 10.6 Å². The molecular weight excluding hydrogens is 608 g/mol. The zero-order valence-corrected chi connectivity index (χ0v) is 23.5. The monoisotopic (exact) mass is 631 g/mol. The number of thioether (sulfide) groups is 1. The van der Waals surface area contributed by atoms with Gasteiger partial charge in [-0.2, -0.15) is 0 Å². The summed E-state index contributed by atoms with van der Waals surface area (Å²) in [6, 6.07) is 10.2. The highest BCUT2D eigenvalue weighted by atomic mass is 127. The van der Waals surface area contributed by atoms with Crippen molar-refractivity contribution in [1.29, 1.82) is 0 Å². The van der Waals surface area contributed by atoms with Crippen LogP contribution in [0.2, 0.25) is 10.0 Å². The Morgan fingerprint density at radius 1 is 1.12 bits per heavy atom. The smallest absolute Gasteiger partial charge is 0.251 e. The molecule has 2 aromatic carbocycles. The van der Waals surface area contributed by atoms with Gasteiger partial charge < -0.3 is 15.2 Å². The molecule has 0 saturated heterocycles. The fourth-order valence-corrected chi connectivity index (χ4v) is 4.86. The van der Waals surface area contributed by atoms with E-state index in [1.54, 1.807) is 16.7 Å². The summed E-state index contributed by atoms with van der Waals surface area (Å²) in [7, 11) is 1.82. The lowest BCUT2D eigenvalue weighted by Crippen LogP contribution is -2.33. The molecule has 1 heterocycles. The molecule has 1 aromatic heterocycles. The first-order valence-corrected chi connectivity index (χ1v) is 13.2. The van der Waals surface area contributed by atoms with Crippen LogP contribution >= 0.6 is 57.6 Å². The van der Waals surface area contributed by atoms with E-state index < -0.39 is 6.04 Å². The van der Waals surface area contributed by atoms with Crippen molar-refractivity contribution in [2.75, 3.05) is 11.1 Å². The minimum Gasteiger partial charge on any atom is -0.342 e. The molecule has 2 amide bonds. The maximum absolute atomic E-state index is 12.8. The van der Waals surface area contributed by atoms with Crippen molar-refractivity contribution in [3.63, 3.8) is 0 Å². The number of nitrogens with zero attached hydrogens (tertiary/aromatic N) is 3. The second-order valence-corrected chi connectivity index (χ2v) is 11.0. The highest BCUT2D eigenvalue weighted by molar-refractivity contribution is 14.1. The van der Waals surface area contributed by atoms with E-state index in [-0.39, 0.29) is 23.5 Å². The standard InChI is InChI=1S/C23H24Cl2IN5O2S/c1-12(2)20(28-22(33)14-5-7-16(24)17(25)10-14)21-29-30-23(31(21)4)34-11-19(32)27-18-8-6-15(26)9-13(18)3/h5-10,12,20H,11H2,1-4H3,(H,27,32)(H,28,33)/t20-/m0/s1. The second kappa shape index (κ2) is 11.7. The van der Waals surface area contributed by atoms with Crippen LogP contribution in [0.4, 0.5) is 5.69 Å². The molecule has 3 aromatic rings. The summed E-state index contributed by atoms with van der Waals surface area (Å²) in [5.74, 6) is 0.396. The van der Waals surface area contributed by atoms with Crippen LogP contribution in [0.25, 0.3) is 0 Å². The molecule has 3 rings (SSSR count). The van der Waals surface area contributed by atoms with Gasteiger partial charge in [-0.05, 0) is 77.4 Å². The van der Waals surface area contributed by atoms with E-state index in [9.17, 15) is 9.59 Å². The second-order valence-electron chi connectivity index (χ2n) is 8.02. The van der Waals surface area contributed by atoms with Crippen LogP contribution in [0.3, 0.4) is 0 Å². The molecule has 0 radical (unpaired) electrons. The van der Waals surface area contributed by atoms with Crippen LogP contribution in [0, 0.1) is 16.4 Å². The summed E-state index contributed by atoms with van der Waals surface area (Å²) in [5.41, 5.74) is 2.19. The fraction of sp³-hybridized carbons (Fsp3) is 0.304. The van der Waals surface area contributed by atoms with E-state index in [0.717, 1.165) is 14.8 Å². The molecule has 7 nitrogen and oxygen atoms in total. The van der Waals surface area contributed by atoms with Crippen molar-refractivity contribution in [2.24, 2.45) is 13.0 Å². The first-order valence-electron chi connectivity index (χ1n) is 10.4. The molecule has 0 spiro atoms. The number of amides is 2. The molecule has 0 fully saturated rings. The number of benzene rings is 2. The predicted octanol–water partition coefficient (Wildman–Crippen LogP) is 5.89. The summed E-state index contributed by atoms with van der Waals surface area (Å²) < 4.78 is 2.91. The van der Waals surface area contributed by atoms with Gasteiger partial charge >= 0.3 is 0 Å². The van der Waals surface area contributed by atoms with Gasteiger partial charge in [0.05, 0.1) is 21.8 Å². The molecule has 0 saturated carbocycles. The summed E-state index contributed by atoms with van der Waals surface area (Å²) in [5, 5.41) is 15.8. The van der Waals surface area contributed by atoms with Crippen molar-refractivity contribution in [3.05, 3.63) is 67.0 Å². The molecule has 0 unspecified atom stereocenters. The fourth-order valence-electron chi connectivity index (χ4n) is 3.20. The third-order valence-electron chi connectivity index (χ3n) is 5.08. The van der Waals surface area contributed by atoms with Crippen LogP contribution in [0.5, 0.6) is 0 Å². The van der Waals surface area contributed by atoms with Gasteiger partial charge in [0, 0.05) is 21.9 Å². The molecule has 180 valence electrons. The Hall–Kier alpha value is -1.82. The van der Waals surface area contributed by atoms with E-state index in [1.807, 2.05) is 46.0 Å². The first kappa shape index (κ1) is 26.8. The number of rotatable bonds is 8. The normalized spacial score (nSPS) is 12.0. The highest BCUT2D eigenvalue weighted by Gasteiger charge is 2.25. The van der Waals surface area contributed by atoms with Gasteiger partial charge in [0.25, 0.3) is 5.91 Å². The van der Waals surface area contributed by atoms with E-state index in [2.05, 4.69) is 43.4 Å². The average molecular weight is 632 g/mol. The molecule has 0 aliphatic heterocycles. The number of carbonyl (C=O) groups excluding carboxylic acids is 2. The number of anilines is 1. The number of halogens is 3. The van der Waals surface area contributed by atoms with E-state index in [4.69, 9.17) is 23.2 Å². The Morgan fingerprint density at radius 3 is 2.50 bits per heavy atom. The molecule has 2 N–H and O–H groups in total. The lowest BCUT2D eigenvalue weighted by atomic mass is 10.0. The maximum Gasteiger partial charge on any atom is 0.251 e. The lowest BCUT2D eigenvalue weighted by molar-refractivity contribution is -0.113. The molecule has 34 heavy (non-hydrogen) atoms. The van der Waals surface area contributed by atoms with Crippen LogP contribution in [-0.4, -0.2) is 32.3 Å². The summed E-state index contributed by atoms with van der Waals surface area (Å²) >= 11 is 15.5. The van der Waals surface area contributed by atoms with E-state index in [0.29, 0.717) is 26.6 Å². The maximum atomic E-state index is 12.8. The predicted molar refractivity (Wildman–Crippen MR) is 146 cm³/mol. The van der Waals surface area contributed by atoms with Crippen molar-refractivity contribution >= 4 is 75.1 Å². The van der Waals surface area contributed by atoms with Crippen molar-refractivity contribution in [1.82, 2.24) is 20.1 Å². The minimum absolute atomic E-state index is 0.0413. The highest BCUT2D eigenvalue weighted by Crippen LogP contribution is 2.26. The van der Waals surface area contributed by atoms with Gasteiger partial charge in [-0.25, -0.2) is 0 Å². The Balaban J connectivity index is 1.68. The van der Waals surface area contributed by atoms with Gasteiger partial charge in [0.2, 0.25) is 5.91 Å². The summed E-state index contributed by atoms with van der Waals surface area (Å²) in [4.78, 5) is 25.3. The number of nitrogens with one attached hydrogen (secondary N) is 2. The average Bonchev–Trinajstić information content (AvgIpc) is 3.14. The molecule has 0 aliphatic rings. The zero-order valence-electron chi connectivity index (χ0n) is 19.0. The SMILES string of the molecule is Cc1cc(I)ccc1NC(=O)CSc1nnc([C@@H](NC(=O)c2ccc(Cl)c(Cl)c2)C(C)C)n1C. The third kappa shape index (κ3) is 6.65. The number of hydrogen-bond donors (Lipinski definition) is 2. The Labute approximate surface area is 226 Å². The number of aromatic nitrogens is 3. The lowest BCUT2D eigenvalue weighted by Gasteiger charge is -2.22. The van der Waals surface area contributed by atoms with Gasteiger partial charge in [0.15, 0.2) is 11.0 Å². The van der Waals surface area contributed by atoms with Crippen LogP contribution in [-0.2, 0) is 11.8 Å². The first-order chi connectivity index (χ1) is 16.1. The number of aryl methyl sites for hydroxylation is 1. The number of carbonyl (C=O) groups is 2. The Bertz CT molecular complexity index is 1220. The van der Waals surface area contributed by atoms with Gasteiger partial charge in [-0.15, -0.1) is 10.2 Å². The van der Waals surface area contributed by atoms with E-state index >= 15 is 0 Å². The summed E-state index contributed by atoms with van der Waals surface area (Å²) in [6.45, 7) is 5.92. The third-order valence-corrected chi connectivity index (χ3v) is 7.51. The summed E-state index contributed by atoms with van der Waals surface area (Å²) in [6.07, 6.45) is 0. The molecule has 1 atom stereocenters. The molecule has 0 aliphatic carbocycles. The van der Waals surface area contributed by atoms with Crippen LogP contribution in [0.15, 0.2) is 41.6 Å². The molecule has 11 heteroatoms. The van der Waals surface area contributed by atoms with Crippen molar-refractivity contribution < 1.29 is 9.59 Å². The number of hydrogen-bond acceptors (Lipinski definition) is 5.